The number of carbonyl (C=O) groups is 1. The minimum Gasteiger partial charge on any atom is -0.320 e. The zero-order valence-corrected chi connectivity index (χ0v) is 11.2. The number of nitrogens with one attached hydrogen (secondary N) is 1. The molecular weight excluding hydrogens is 298 g/mol. The Morgan fingerprint density at radius 1 is 1.05 bits per heavy atom. The first-order valence-corrected chi connectivity index (χ1v) is 6.27. The van der Waals surface area contributed by atoms with Gasteiger partial charge < -0.3 is 5.32 Å². The summed E-state index contributed by atoms with van der Waals surface area (Å²) in [6, 6.07) is 10.1. The Kier molecular flexibility index (Phi) is 4.60. The molecule has 2 nitrogen and oxygen atoms in total. The molecule has 0 aliphatic rings. The molecule has 114 valence electrons. The summed E-state index contributed by atoms with van der Waals surface area (Å²) >= 11 is 0. The van der Waals surface area contributed by atoms with Gasteiger partial charge in [0.25, 0.3) is 0 Å². The van der Waals surface area contributed by atoms with Crippen molar-refractivity contribution in [2.45, 2.75) is 6.18 Å². The highest BCUT2D eigenvalue weighted by molar-refractivity contribution is 6.01. The van der Waals surface area contributed by atoms with Gasteiger partial charge in [0.15, 0.2) is 0 Å². The third kappa shape index (κ3) is 4.18. The first-order chi connectivity index (χ1) is 10.4. The quantitative estimate of drug-likeness (QED) is 0.656. The van der Waals surface area contributed by atoms with Crippen LogP contribution in [-0.2, 0) is 11.0 Å². The van der Waals surface area contributed by atoms with Gasteiger partial charge in [0.2, 0.25) is 5.91 Å². The van der Waals surface area contributed by atoms with Crippen LogP contribution in [0.4, 0.5) is 23.2 Å². The minimum atomic E-state index is -4.45. The molecule has 0 bridgehead atoms. The van der Waals surface area contributed by atoms with Crippen molar-refractivity contribution in [3.8, 4) is 0 Å². The molecule has 0 aliphatic carbocycles. The van der Waals surface area contributed by atoms with Gasteiger partial charge in [-0.05, 0) is 35.9 Å². The summed E-state index contributed by atoms with van der Waals surface area (Å²) in [5.41, 5.74) is -0.580. The SMILES string of the molecule is O=C(/C=C/c1cccc(C(F)(F)F)c1)Nc1ccccc1F. The highest BCUT2D eigenvalue weighted by Gasteiger charge is 2.30. The highest BCUT2D eigenvalue weighted by Crippen LogP contribution is 2.29. The second kappa shape index (κ2) is 6.43. The third-order valence-electron chi connectivity index (χ3n) is 2.77. The van der Waals surface area contributed by atoms with Crippen molar-refractivity contribution < 1.29 is 22.4 Å². The Morgan fingerprint density at radius 3 is 2.45 bits per heavy atom. The number of anilines is 1. The lowest BCUT2D eigenvalue weighted by Crippen LogP contribution is -2.09. The van der Waals surface area contributed by atoms with E-state index < -0.39 is 23.5 Å². The molecule has 0 radical (unpaired) electrons. The second-order valence-electron chi connectivity index (χ2n) is 4.43. The number of carbonyl (C=O) groups excluding carboxylic acids is 1. The summed E-state index contributed by atoms with van der Waals surface area (Å²) in [5, 5.41) is 2.30. The van der Waals surface area contributed by atoms with E-state index in [9.17, 15) is 22.4 Å². The maximum absolute atomic E-state index is 13.3. The fraction of sp³-hybridized carbons (Fsp3) is 0.0625. The smallest absolute Gasteiger partial charge is 0.320 e. The van der Waals surface area contributed by atoms with Crippen LogP contribution in [0.2, 0.25) is 0 Å². The Morgan fingerprint density at radius 2 is 1.77 bits per heavy atom. The molecule has 2 aromatic rings. The van der Waals surface area contributed by atoms with Crippen LogP contribution in [0.5, 0.6) is 0 Å². The maximum atomic E-state index is 13.3. The molecule has 0 fully saturated rings. The molecule has 2 aromatic carbocycles. The van der Waals surface area contributed by atoms with E-state index in [0.717, 1.165) is 18.2 Å². The van der Waals surface area contributed by atoms with Crippen LogP contribution in [-0.4, -0.2) is 5.91 Å². The number of hydrogen-bond donors (Lipinski definition) is 1. The largest absolute Gasteiger partial charge is 0.416 e. The topological polar surface area (TPSA) is 29.1 Å². The van der Waals surface area contributed by atoms with E-state index in [1.807, 2.05) is 0 Å². The van der Waals surface area contributed by atoms with Crippen molar-refractivity contribution in [3.63, 3.8) is 0 Å². The van der Waals surface area contributed by atoms with Crippen LogP contribution in [0.3, 0.4) is 0 Å². The average Bonchev–Trinajstić information content (AvgIpc) is 2.47. The van der Waals surface area contributed by atoms with Crippen molar-refractivity contribution in [1.29, 1.82) is 0 Å². The summed E-state index contributed by atoms with van der Waals surface area (Å²) in [7, 11) is 0. The zero-order valence-electron chi connectivity index (χ0n) is 11.2. The second-order valence-corrected chi connectivity index (χ2v) is 4.43. The molecule has 6 heteroatoms. The molecule has 0 unspecified atom stereocenters. The van der Waals surface area contributed by atoms with Crippen molar-refractivity contribution in [2.24, 2.45) is 0 Å². The summed E-state index contributed by atoms with van der Waals surface area (Å²) in [4.78, 5) is 11.6. The van der Waals surface area contributed by atoms with Crippen LogP contribution >= 0.6 is 0 Å². The first-order valence-electron chi connectivity index (χ1n) is 6.27. The van der Waals surface area contributed by atoms with Gasteiger partial charge in [-0.25, -0.2) is 4.39 Å². The molecule has 2 rings (SSSR count). The van der Waals surface area contributed by atoms with Crippen LogP contribution in [0.15, 0.2) is 54.6 Å². The van der Waals surface area contributed by atoms with Crippen LogP contribution in [0.25, 0.3) is 6.08 Å². The number of para-hydroxylation sites is 1. The van der Waals surface area contributed by atoms with Crippen molar-refractivity contribution in [3.05, 3.63) is 71.6 Å². The first kappa shape index (κ1) is 15.8. The van der Waals surface area contributed by atoms with E-state index in [2.05, 4.69) is 5.32 Å². The Bertz CT molecular complexity index is 707. The van der Waals surface area contributed by atoms with E-state index in [4.69, 9.17) is 0 Å². The van der Waals surface area contributed by atoms with Gasteiger partial charge in [-0.15, -0.1) is 0 Å². The Balaban J connectivity index is 2.09. The normalized spacial score (nSPS) is 11.6. The molecule has 0 spiro atoms. The lowest BCUT2D eigenvalue weighted by atomic mass is 10.1. The minimum absolute atomic E-state index is 0.00110. The molecule has 0 saturated carbocycles. The molecule has 1 N–H and O–H groups in total. The number of rotatable bonds is 3. The predicted octanol–water partition coefficient (Wildman–Crippen LogP) is 4.50. The molecule has 0 atom stereocenters. The fourth-order valence-corrected chi connectivity index (χ4v) is 1.73. The number of benzene rings is 2. The van der Waals surface area contributed by atoms with E-state index in [1.165, 1.54) is 36.4 Å². The number of hydrogen-bond acceptors (Lipinski definition) is 1. The Labute approximate surface area is 124 Å². The van der Waals surface area contributed by atoms with Gasteiger partial charge in [0, 0.05) is 6.08 Å². The molecule has 1 amide bonds. The van der Waals surface area contributed by atoms with Gasteiger partial charge >= 0.3 is 6.18 Å². The molecule has 0 saturated heterocycles. The van der Waals surface area contributed by atoms with Crippen LogP contribution in [0, 0.1) is 5.82 Å². The van der Waals surface area contributed by atoms with Crippen LogP contribution in [0.1, 0.15) is 11.1 Å². The van der Waals surface area contributed by atoms with E-state index >= 15 is 0 Å². The summed E-state index contributed by atoms with van der Waals surface area (Å²) in [6.07, 6.45) is -2.17. The maximum Gasteiger partial charge on any atom is 0.416 e. The van der Waals surface area contributed by atoms with E-state index in [-0.39, 0.29) is 11.3 Å². The standard InChI is InChI=1S/C16H11F4NO/c17-13-6-1-2-7-14(13)21-15(22)9-8-11-4-3-5-12(10-11)16(18,19)20/h1-10H,(H,21,22)/b9-8+. The number of alkyl halides is 3. The molecule has 22 heavy (non-hydrogen) atoms. The molecule has 0 heterocycles. The predicted molar refractivity (Wildman–Crippen MR) is 75.5 cm³/mol. The average molecular weight is 309 g/mol. The number of amides is 1. The lowest BCUT2D eigenvalue weighted by Gasteiger charge is -2.06. The van der Waals surface area contributed by atoms with Crippen LogP contribution < -0.4 is 5.32 Å². The van der Waals surface area contributed by atoms with E-state index in [0.29, 0.717) is 0 Å². The van der Waals surface area contributed by atoms with Gasteiger partial charge in [-0.2, -0.15) is 13.2 Å². The van der Waals surface area contributed by atoms with Gasteiger partial charge in [-0.1, -0.05) is 24.3 Å². The summed E-state index contributed by atoms with van der Waals surface area (Å²) < 4.78 is 51.0. The third-order valence-corrected chi connectivity index (χ3v) is 2.77. The number of halogens is 4. The Hall–Kier alpha value is -2.63. The highest BCUT2D eigenvalue weighted by atomic mass is 19.4. The summed E-state index contributed by atoms with van der Waals surface area (Å²) in [6.45, 7) is 0. The molecule has 0 aromatic heterocycles. The van der Waals surface area contributed by atoms with E-state index in [1.54, 1.807) is 6.07 Å². The fourth-order valence-electron chi connectivity index (χ4n) is 1.73. The molecular formula is C16H11F4NO. The molecule has 0 aliphatic heterocycles. The van der Waals surface area contributed by atoms with Crippen molar-refractivity contribution >= 4 is 17.7 Å². The van der Waals surface area contributed by atoms with Gasteiger partial charge in [0.05, 0.1) is 11.3 Å². The monoisotopic (exact) mass is 309 g/mol. The van der Waals surface area contributed by atoms with Gasteiger partial charge in [-0.3, -0.25) is 4.79 Å². The zero-order chi connectivity index (χ0) is 16.2. The lowest BCUT2D eigenvalue weighted by molar-refractivity contribution is -0.137. The van der Waals surface area contributed by atoms with Gasteiger partial charge in [0.1, 0.15) is 5.82 Å². The summed E-state index contributed by atoms with van der Waals surface area (Å²) in [5.74, 6) is -1.23. The van der Waals surface area contributed by atoms with Crippen molar-refractivity contribution in [2.75, 3.05) is 5.32 Å². The van der Waals surface area contributed by atoms with Crippen molar-refractivity contribution in [1.82, 2.24) is 0 Å².